The summed E-state index contributed by atoms with van der Waals surface area (Å²) in [5.74, 6) is -0.417. The van der Waals surface area contributed by atoms with Crippen LogP contribution >= 0.6 is 27.5 Å². The molecule has 0 amide bonds. The van der Waals surface area contributed by atoms with Crippen molar-refractivity contribution in [2.75, 3.05) is 5.32 Å². The largest absolute Gasteiger partial charge is 0.350 e. The Bertz CT molecular complexity index is 774. The van der Waals surface area contributed by atoms with E-state index in [4.69, 9.17) is 11.6 Å². The van der Waals surface area contributed by atoms with Gasteiger partial charge in [-0.2, -0.15) is 0 Å². The molecule has 0 spiro atoms. The van der Waals surface area contributed by atoms with Gasteiger partial charge in [0, 0.05) is 16.9 Å². The Morgan fingerprint density at radius 2 is 2.05 bits per heavy atom. The number of hydrogen-bond acceptors (Lipinski definition) is 3. The van der Waals surface area contributed by atoms with Crippen LogP contribution < -0.4 is 5.32 Å². The summed E-state index contributed by atoms with van der Waals surface area (Å²) in [6.07, 6.45) is 3.30. The molecule has 6 heteroatoms. The van der Waals surface area contributed by atoms with E-state index in [2.05, 4.69) is 31.2 Å². The number of para-hydroxylation sites is 1. The lowest BCUT2D eigenvalue weighted by Gasteiger charge is -2.11. The van der Waals surface area contributed by atoms with E-state index in [0.717, 1.165) is 4.47 Å². The van der Waals surface area contributed by atoms with Crippen LogP contribution in [0.25, 0.3) is 11.0 Å². The van der Waals surface area contributed by atoms with Crippen molar-refractivity contribution in [1.29, 1.82) is 0 Å². The van der Waals surface area contributed by atoms with Crippen molar-refractivity contribution in [3.63, 3.8) is 0 Å². The van der Waals surface area contributed by atoms with Crippen molar-refractivity contribution < 1.29 is 4.39 Å². The minimum atomic E-state index is -0.417. The molecular weight excluding hydrogens is 345 g/mol. The maximum absolute atomic E-state index is 13.8. The van der Waals surface area contributed by atoms with Gasteiger partial charge in [-0.15, -0.1) is 0 Å². The lowest BCUT2D eigenvalue weighted by molar-refractivity contribution is 0.632. The van der Waals surface area contributed by atoms with Crippen LogP contribution in [0.3, 0.4) is 0 Å². The molecule has 0 atom stereocenters. The quantitative estimate of drug-likeness (QED) is 0.711. The molecule has 0 saturated heterocycles. The van der Waals surface area contributed by atoms with Crippen LogP contribution in [0, 0.1) is 5.82 Å². The van der Waals surface area contributed by atoms with Gasteiger partial charge in [0.1, 0.15) is 11.3 Å². The highest BCUT2D eigenvalue weighted by molar-refractivity contribution is 9.10. The van der Waals surface area contributed by atoms with E-state index in [0.29, 0.717) is 21.7 Å². The number of benzene rings is 1. The topological polar surface area (TPSA) is 37.8 Å². The Hall–Kier alpha value is -1.72. The van der Waals surface area contributed by atoms with Crippen molar-refractivity contribution >= 4 is 49.9 Å². The number of aromatic nitrogens is 2. The van der Waals surface area contributed by atoms with Crippen LogP contribution in [0.15, 0.2) is 47.2 Å². The van der Waals surface area contributed by atoms with Gasteiger partial charge in [0.25, 0.3) is 0 Å². The van der Waals surface area contributed by atoms with Gasteiger partial charge in [-0.1, -0.05) is 17.7 Å². The third-order valence-corrected chi connectivity index (χ3v) is 3.52. The molecule has 0 aliphatic heterocycles. The summed E-state index contributed by atoms with van der Waals surface area (Å²) in [6, 6.07) is 8.10. The molecule has 3 aromatic rings. The maximum atomic E-state index is 13.8. The summed E-state index contributed by atoms with van der Waals surface area (Å²) in [5.41, 5.74) is 2.23. The second-order valence-corrected chi connectivity index (χ2v) is 5.42. The number of rotatable bonds is 2. The van der Waals surface area contributed by atoms with E-state index in [-0.39, 0.29) is 5.69 Å². The lowest BCUT2D eigenvalue weighted by atomic mass is 10.2. The molecular formula is C14H8BrClFN3. The molecule has 3 nitrogen and oxygen atoms in total. The van der Waals surface area contributed by atoms with E-state index < -0.39 is 5.82 Å². The van der Waals surface area contributed by atoms with Crippen molar-refractivity contribution in [1.82, 2.24) is 9.97 Å². The van der Waals surface area contributed by atoms with Gasteiger partial charge in [-0.3, -0.25) is 9.97 Å². The van der Waals surface area contributed by atoms with Gasteiger partial charge < -0.3 is 5.32 Å². The highest BCUT2D eigenvalue weighted by Gasteiger charge is 2.10. The number of fused-ring (bicyclic) bond motifs is 1. The van der Waals surface area contributed by atoms with Crippen molar-refractivity contribution in [2.24, 2.45) is 0 Å². The number of hydrogen-bond donors (Lipinski definition) is 1. The molecule has 1 aromatic carbocycles. The zero-order valence-electron chi connectivity index (χ0n) is 10.1. The van der Waals surface area contributed by atoms with Crippen LogP contribution in [0.2, 0.25) is 5.02 Å². The van der Waals surface area contributed by atoms with Crippen molar-refractivity contribution in [3.8, 4) is 0 Å². The Labute approximate surface area is 127 Å². The third-order valence-electron chi connectivity index (χ3n) is 2.77. The molecule has 0 unspecified atom stereocenters. The van der Waals surface area contributed by atoms with Gasteiger partial charge >= 0.3 is 0 Å². The molecule has 3 rings (SSSR count). The first-order valence-electron chi connectivity index (χ1n) is 5.76. The summed E-state index contributed by atoms with van der Waals surface area (Å²) >= 11 is 9.35. The molecule has 0 aliphatic carbocycles. The molecule has 100 valence electrons. The van der Waals surface area contributed by atoms with Gasteiger partial charge in [-0.05, 0) is 40.2 Å². The lowest BCUT2D eigenvalue weighted by Crippen LogP contribution is -1.97. The molecule has 2 heterocycles. The predicted molar refractivity (Wildman–Crippen MR) is 81.9 cm³/mol. The minimum absolute atomic E-state index is 0.228. The van der Waals surface area contributed by atoms with Crippen molar-refractivity contribution in [3.05, 3.63) is 58.0 Å². The molecule has 0 bridgehead atoms. The second kappa shape index (κ2) is 5.34. The number of nitrogens with zero attached hydrogens (tertiary/aromatic N) is 2. The smallest absolute Gasteiger partial charge is 0.148 e. The third kappa shape index (κ3) is 2.46. The SMILES string of the molecule is Fc1cccc(Cl)c1Nc1ccnc2cc(Br)cnc12. The summed E-state index contributed by atoms with van der Waals surface area (Å²) < 4.78 is 14.6. The molecule has 0 fully saturated rings. The Morgan fingerprint density at radius 3 is 2.85 bits per heavy atom. The average Bonchev–Trinajstić information content (AvgIpc) is 2.42. The molecule has 1 N–H and O–H groups in total. The first-order valence-corrected chi connectivity index (χ1v) is 6.93. The van der Waals surface area contributed by atoms with E-state index in [1.165, 1.54) is 6.07 Å². The van der Waals surface area contributed by atoms with Crippen LogP contribution in [0.4, 0.5) is 15.8 Å². The summed E-state index contributed by atoms with van der Waals surface area (Å²) in [7, 11) is 0. The maximum Gasteiger partial charge on any atom is 0.148 e. The molecule has 0 aliphatic rings. The molecule has 2 aromatic heterocycles. The number of anilines is 2. The normalized spacial score (nSPS) is 10.8. The molecule has 0 radical (unpaired) electrons. The number of nitrogens with one attached hydrogen (secondary N) is 1. The van der Waals surface area contributed by atoms with Gasteiger partial charge in [0.15, 0.2) is 0 Å². The summed E-state index contributed by atoms with van der Waals surface area (Å²) in [6.45, 7) is 0. The zero-order chi connectivity index (χ0) is 14.1. The highest BCUT2D eigenvalue weighted by atomic mass is 79.9. The highest BCUT2D eigenvalue weighted by Crippen LogP contribution is 2.30. The van der Waals surface area contributed by atoms with Crippen molar-refractivity contribution in [2.45, 2.75) is 0 Å². The van der Waals surface area contributed by atoms with Gasteiger partial charge in [0.05, 0.1) is 21.9 Å². The number of pyridine rings is 2. The first-order chi connectivity index (χ1) is 9.65. The fourth-order valence-electron chi connectivity index (χ4n) is 1.86. The monoisotopic (exact) mass is 351 g/mol. The Kier molecular flexibility index (Phi) is 3.54. The average molecular weight is 353 g/mol. The van der Waals surface area contributed by atoms with Crippen LogP contribution in [0.1, 0.15) is 0 Å². The predicted octanol–water partition coefficient (Wildman–Crippen LogP) is 4.93. The second-order valence-electron chi connectivity index (χ2n) is 4.10. The number of halogens is 3. The standard InChI is InChI=1S/C14H8BrClFN3/c15-8-6-12-14(19-7-8)11(4-5-18-12)20-13-9(16)2-1-3-10(13)17/h1-7H,(H,18,20). The minimum Gasteiger partial charge on any atom is -0.350 e. The fourth-order valence-corrected chi connectivity index (χ4v) is 2.39. The van der Waals surface area contributed by atoms with Gasteiger partial charge in [-0.25, -0.2) is 4.39 Å². The Morgan fingerprint density at radius 1 is 1.20 bits per heavy atom. The van der Waals surface area contributed by atoms with E-state index >= 15 is 0 Å². The first kappa shape index (κ1) is 13.3. The van der Waals surface area contributed by atoms with Gasteiger partial charge in [0.2, 0.25) is 0 Å². The van der Waals surface area contributed by atoms with Crippen LogP contribution in [0.5, 0.6) is 0 Å². The Balaban J connectivity index is 2.11. The fraction of sp³-hybridized carbons (Fsp3) is 0. The zero-order valence-corrected chi connectivity index (χ0v) is 12.4. The van der Waals surface area contributed by atoms with Crippen LogP contribution in [-0.4, -0.2) is 9.97 Å². The van der Waals surface area contributed by atoms with E-state index in [1.807, 2.05) is 6.07 Å². The summed E-state index contributed by atoms with van der Waals surface area (Å²) in [4.78, 5) is 8.53. The van der Waals surface area contributed by atoms with Crippen LogP contribution in [-0.2, 0) is 0 Å². The molecule has 20 heavy (non-hydrogen) atoms. The molecule has 0 saturated carbocycles. The van der Waals surface area contributed by atoms with E-state index in [1.54, 1.807) is 30.6 Å². The summed E-state index contributed by atoms with van der Waals surface area (Å²) in [5, 5.41) is 3.29. The van der Waals surface area contributed by atoms with E-state index in [9.17, 15) is 4.39 Å².